The second-order valence-electron chi connectivity index (χ2n) is 5.31. The number of hydrogen-bond donors (Lipinski definition) is 1. The van der Waals surface area contributed by atoms with Crippen molar-refractivity contribution in [1.82, 2.24) is 5.32 Å². The lowest BCUT2D eigenvalue weighted by Gasteiger charge is -2.14. The quantitative estimate of drug-likeness (QED) is 0.821. The van der Waals surface area contributed by atoms with Crippen molar-refractivity contribution >= 4 is 11.3 Å². The highest BCUT2D eigenvalue weighted by molar-refractivity contribution is 7.12. The summed E-state index contributed by atoms with van der Waals surface area (Å²) < 4.78 is 0. The van der Waals surface area contributed by atoms with Crippen LogP contribution in [0.2, 0.25) is 0 Å². The zero-order valence-corrected chi connectivity index (χ0v) is 10.9. The second-order valence-corrected chi connectivity index (χ2v) is 6.48. The van der Waals surface area contributed by atoms with E-state index >= 15 is 0 Å². The first-order chi connectivity index (χ1) is 7.86. The van der Waals surface area contributed by atoms with Gasteiger partial charge in [-0.25, -0.2) is 0 Å². The third-order valence-corrected chi connectivity index (χ3v) is 5.37. The van der Waals surface area contributed by atoms with Crippen molar-refractivity contribution in [2.75, 3.05) is 7.05 Å². The summed E-state index contributed by atoms with van der Waals surface area (Å²) >= 11 is 2.06. The Kier molecular flexibility index (Phi) is 3.03. The van der Waals surface area contributed by atoms with Crippen molar-refractivity contribution in [1.29, 1.82) is 0 Å². The molecule has 0 aliphatic heterocycles. The van der Waals surface area contributed by atoms with E-state index in [1.54, 1.807) is 15.3 Å². The van der Waals surface area contributed by atoms with Gasteiger partial charge in [-0.2, -0.15) is 0 Å². The Balaban J connectivity index is 1.67. The summed E-state index contributed by atoms with van der Waals surface area (Å²) in [5, 5.41) is 3.50. The fraction of sp³-hybridized carbons (Fsp3) is 0.714. The van der Waals surface area contributed by atoms with E-state index in [0.29, 0.717) is 6.04 Å². The molecule has 2 aliphatic carbocycles. The topological polar surface area (TPSA) is 12.0 Å². The first kappa shape index (κ1) is 10.8. The van der Waals surface area contributed by atoms with Gasteiger partial charge in [0.15, 0.2) is 0 Å². The highest BCUT2D eigenvalue weighted by atomic mass is 32.1. The lowest BCUT2D eigenvalue weighted by Crippen LogP contribution is -2.15. The number of nitrogens with one attached hydrogen (secondary N) is 1. The molecular formula is C14H21NS. The van der Waals surface area contributed by atoms with Crippen LogP contribution in [0.25, 0.3) is 0 Å². The van der Waals surface area contributed by atoms with Gasteiger partial charge >= 0.3 is 0 Å². The maximum absolute atomic E-state index is 3.50. The van der Waals surface area contributed by atoms with E-state index in [-0.39, 0.29) is 0 Å². The van der Waals surface area contributed by atoms with Gasteiger partial charge in [0, 0.05) is 15.8 Å². The Labute approximate surface area is 102 Å². The molecule has 16 heavy (non-hydrogen) atoms. The molecule has 2 aliphatic rings. The van der Waals surface area contributed by atoms with Crippen molar-refractivity contribution in [2.45, 2.75) is 51.0 Å². The summed E-state index contributed by atoms with van der Waals surface area (Å²) in [6.07, 6.45) is 9.76. The molecule has 0 bridgehead atoms. The van der Waals surface area contributed by atoms with E-state index < -0.39 is 0 Å². The molecule has 3 rings (SSSR count). The van der Waals surface area contributed by atoms with Gasteiger partial charge in [-0.1, -0.05) is 12.8 Å². The van der Waals surface area contributed by atoms with E-state index in [1.807, 2.05) is 0 Å². The Morgan fingerprint density at radius 2 is 2.31 bits per heavy atom. The summed E-state index contributed by atoms with van der Waals surface area (Å²) in [5.41, 5.74) is 1.65. The van der Waals surface area contributed by atoms with Gasteiger partial charge in [-0.15, -0.1) is 11.3 Å². The summed E-state index contributed by atoms with van der Waals surface area (Å²) in [6.45, 7) is 0. The van der Waals surface area contributed by atoms with Crippen LogP contribution in [0.3, 0.4) is 0 Å². The molecule has 1 atom stereocenters. The third kappa shape index (κ3) is 2.18. The fourth-order valence-electron chi connectivity index (χ4n) is 2.76. The molecule has 0 spiro atoms. The molecule has 1 fully saturated rings. The molecule has 0 saturated heterocycles. The summed E-state index contributed by atoms with van der Waals surface area (Å²) in [7, 11) is 2.11. The van der Waals surface area contributed by atoms with Gasteiger partial charge in [0.1, 0.15) is 0 Å². The van der Waals surface area contributed by atoms with Gasteiger partial charge in [-0.3, -0.25) is 0 Å². The maximum atomic E-state index is 3.50. The molecule has 1 aromatic heterocycles. The number of rotatable bonds is 5. The van der Waals surface area contributed by atoms with Gasteiger partial charge in [0.25, 0.3) is 0 Å². The standard InChI is InChI=1S/C14H21NS/c1-15-12(8-7-10-5-6-10)14-9-11-3-2-4-13(11)16-14/h9-10,12,15H,2-8H2,1H3. The summed E-state index contributed by atoms with van der Waals surface area (Å²) in [5.74, 6) is 1.06. The molecule has 2 heteroatoms. The highest BCUT2D eigenvalue weighted by Crippen LogP contribution is 2.39. The minimum atomic E-state index is 0.621. The molecule has 1 N–H and O–H groups in total. The normalized spacial score (nSPS) is 21.1. The van der Waals surface area contributed by atoms with E-state index in [9.17, 15) is 0 Å². The van der Waals surface area contributed by atoms with Gasteiger partial charge in [0.2, 0.25) is 0 Å². The summed E-state index contributed by atoms with van der Waals surface area (Å²) in [6, 6.07) is 3.09. The number of aryl methyl sites for hydroxylation is 2. The maximum Gasteiger partial charge on any atom is 0.0412 e. The van der Waals surface area contributed by atoms with Crippen LogP contribution in [0.1, 0.15) is 53.5 Å². The lowest BCUT2D eigenvalue weighted by atomic mass is 10.1. The predicted octanol–water partition coefficient (Wildman–Crippen LogP) is 3.69. The molecule has 88 valence electrons. The van der Waals surface area contributed by atoms with Crippen LogP contribution in [0.4, 0.5) is 0 Å². The van der Waals surface area contributed by atoms with E-state index in [1.165, 1.54) is 44.9 Å². The Morgan fingerprint density at radius 3 is 3.00 bits per heavy atom. The Bertz CT molecular complexity index is 343. The zero-order chi connectivity index (χ0) is 11.0. The SMILES string of the molecule is CNC(CCC1CC1)c1cc2c(s1)CCC2. The molecule has 0 amide bonds. The molecule has 1 saturated carbocycles. The van der Waals surface area contributed by atoms with E-state index in [2.05, 4.69) is 29.8 Å². The zero-order valence-electron chi connectivity index (χ0n) is 10.1. The van der Waals surface area contributed by atoms with Gasteiger partial charge in [0.05, 0.1) is 0 Å². The monoisotopic (exact) mass is 235 g/mol. The molecule has 1 unspecified atom stereocenters. The van der Waals surface area contributed by atoms with Crippen LogP contribution in [-0.2, 0) is 12.8 Å². The van der Waals surface area contributed by atoms with Crippen molar-refractivity contribution in [3.05, 3.63) is 21.4 Å². The molecule has 0 radical (unpaired) electrons. The first-order valence-corrected chi connectivity index (χ1v) is 7.47. The Morgan fingerprint density at radius 1 is 1.44 bits per heavy atom. The van der Waals surface area contributed by atoms with Gasteiger partial charge < -0.3 is 5.32 Å². The Hall–Kier alpha value is -0.340. The van der Waals surface area contributed by atoms with Crippen molar-refractivity contribution in [3.63, 3.8) is 0 Å². The number of thiophene rings is 1. The largest absolute Gasteiger partial charge is 0.312 e. The first-order valence-electron chi connectivity index (χ1n) is 6.65. The molecule has 1 nitrogen and oxygen atoms in total. The van der Waals surface area contributed by atoms with Crippen LogP contribution >= 0.6 is 11.3 Å². The summed E-state index contributed by atoms with van der Waals surface area (Å²) in [4.78, 5) is 3.26. The second kappa shape index (κ2) is 4.50. The lowest BCUT2D eigenvalue weighted by molar-refractivity contribution is 0.513. The number of fused-ring (bicyclic) bond motifs is 1. The molecule has 1 heterocycles. The highest BCUT2D eigenvalue weighted by Gasteiger charge is 2.24. The average Bonchev–Trinajstić information content (AvgIpc) is 2.85. The smallest absolute Gasteiger partial charge is 0.0412 e. The number of hydrogen-bond acceptors (Lipinski definition) is 2. The molecule has 1 aromatic rings. The van der Waals surface area contributed by atoms with Crippen LogP contribution in [0, 0.1) is 5.92 Å². The van der Waals surface area contributed by atoms with E-state index in [4.69, 9.17) is 0 Å². The van der Waals surface area contributed by atoms with Crippen LogP contribution in [0.5, 0.6) is 0 Å². The average molecular weight is 235 g/mol. The van der Waals surface area contributed by atoms with Crippen molar-refractivity contribution in [3.8, 4) is 0 Å². The predicted molar refractivity (Wildman–Crippen MR) is 70.1 cm³/mol. The molecular weight excluding hydrogens is 214 g/mol. The van der Waals surface area contributed by atoms with Crippen LogP contribution < -0.4 is 5.32 Å². The van der Waals surface area contributed by atoms with Crippen molar-refractivity contribution in [2.24, 2.45) is 5.92 Å². The fourth-order valence-corrected chi connectivity index (χ4v) is 4.16. The van der Waals surface area contributed by atoms with E-state index in [0.717, 1.165) is 5.92 Å². The van der Waals surface area contributed by atoms with Crippen LogP contribution in [-0.4, -0.2) is 7.05 Å². The third-order valence-electron chi connectivity index (χ3n) is 4.02. The van der Waals surface area contributed by atoms with Gasteiger partial charge in [-0.05, 0) is 56.7 Å². The minimum Gasteiger partial charge on any atom is -0.312 e. The van der Waals surface area contributed by atoms with Crippen molar-refractivity contribution < 1.29 is 0 Å². The minimum absolute atomic E-state index is 0.621. The van der Waals surface area contributed by atoms with Crippen LogP contribution in [0.15, 0.2) is 6.07 Å². The molecule has 0 aromatic carbocycles.